The Morgan fingerprint density at radius 1 is 1.19 bits per heavy atom. The molecule has 0 radical (unpaired) electrons. The standard InChI is InChI=1S/C21H30N2O4/c1-2-4-16-6-8-18(9-7-16)27-15-20(24)22-17-10-12-23(13-11-17)21(25)19-5-3-14-26-19/h6-9,17,19H,2-5,10-15H2,1H3,(H,22,24). The number of amides is 2. The van der Waals surface area contributed by atoms with Gasteiger partial charge < -0.3 is 19.7 Å². The Kier molecular flexibility index (Phi) is 7.10. The first-order valence-corrected chi connectivity index (χ1v) is 10.1. The Balaban J connectivity index is 1.36. The first-order valence-electron chi connectivity index (χ1n) is 10.1. The summed E-state index contributed by atoms with van der Waals surface area (Å²) in [6.07, 6.45) is 5.24. The number of carbonyl (C=O) groups excluding carboxylic acids is 2. The molecule has 27 heavy (non-hydrogen) atoms. The van der Waals surface area contributed by atoms with Gasteiger partial charge in [-0.05, 0) is 49.8 Å². The van der Waals surface area contributed by atoms with E-state index in [0.29, 0.717) is 25.4 Å². The normalized spacial score (nSPS) is 20.5. The monoisotopic (exact) mass is 374 g/mol. The van der Waals surface area contributed by atoms with E-state index in [2.05, 4.69) is 12.2 Å². The third-order valence-corrected chi connectivity index (χ3v) is 5.21. The van der Waals surface area contributed by atoms with Crippen LogP contribution >= 0.6 is 0 Å². The fraction of sp³-hybridized carbons (Fsp3) is 0.619. The molecule has 1 unspecified atom stereocenters. The van der Waals surface area contributed by atoms with Crippen LogP contribution in [0.5, 0.6) is 5.75 Å². The molecule has 2 heterocycles. The number of likely N-dealkylation sites (tertiary alicyclic amines) is 1. The molecule has 2 fully saturated rings. The smallest absolute Gasteiger partial charge is 0.258 e. The number of nitrogens with one attached hydrogen (secondary N) is 1. The van der Waals surface area contributed by atoms with Gasteiger partial charge >= 0.3 is 0 Å². The van der Waals surface area contributed by atoms with Crippen LogP contribution < -0.4 is 10.1 Å². The summed E-state index contributed by atoms with van der Waals surface area (Å²) in [5, 5.41) is 3.02. The predicted molar refractivity (Wildman–Crippen MR) is 103 cm³/mol. The Bertz CT molecular complexity index is 618. The average Bonchev–Trinajstić information content (AvgIpc) is 3.23. The topological polar surface area (TPSA) is 67.9 Å². The minimum Gasteiger partial charge on any atom is -0.484 e. The van der Waals surface area contributed by atoms with E-state index in [1.54, 1.807) is 0 Å². The third-order valence-electron chi connectivity index (χ3n) is 5.21. The number of hydrogen-bond acceptors (Lipinski definition) is 4. The van der Waals surface area contributed by atoms with Crippen molar-refractivity contribution in [3.05, 3.63) is 29.8 Å². The minimum atomic E-state index is -0.256. The van der Waals surface area contributed by atoms with Gasteiger partial charge in [-0.25, -0.2) is 0 Å². The number of ether oxygens (including phenoxy) is 2. The highest BCUT2D eigenvalue weighted by Gasteiger charge is 2.31. The zero-order valence-corrected chi connectivity index (χ0v) is 16.1. The molecule has 2 aliphatic heterocycles. The van der Waals surface area contributed by atoms with Crippen molar-refractivity contribution in [1.29, 1.82) is 0 Å². The van der Waals surface area contributed by atoms with Gasteiger partial charge in [-0.1, -0.05) is 25.5 Å². The molecule has 0 aliphatic carbocycles. The van der Waals surface area contributed by atoms with E-state index >= 15 is 0 Å². The highest BCUT2D eigenvalue weighted by atomic mass is 16.5. The second-order valence-corrected chi connectivity index (χ2v) is 7.35. The van der Waals surface area contributed by atoms with Crippen LogP contribution in [0.2, 0.25) is 0 Å². The molecule has 0 saturated carbocycles. The zero-order chi connectivity index (χ0) is 19.1. The van der Waals surface area contributed by atoms with E-state index in [9.17, 15) is 9.59 Å². The van der Waals surface area contributed by atoms with Gasteiger partial charge in [0.2, 0.25) is 0 Å². The molecule has 1 aromatic carbocycles. The Hall–Kier alpha value is -2.08. The molecule has 1 N–H and O–H groups in total. The summed E-state index contributed by atoms with van der Waals surface area (Å²) in [6, 6.07) is 8.00. The lowest BCUT2D eigenvalue weighted by Gasteiger charge is -2.33. The van der Waals surface area contributed by atoms with Gasteiger partial charge in [0, 0.05) is 25.7 Å². The minimum absolute atomic E-state index is 0.0161. The number of carbonyl (C=O) groups is 2. The van der Waals surface area contributed by atoms with Crippen LogP contribution in [-0.4, -0.2) is 55.2 Å². The first-order chi connectivity index (χ1) is 13.2. The van der Waals surface area contributed by atoms with Crippen LogP contribution in [0.15, 0.2) is 24.3 Å². The van der Waals surface area contributed by atoms with Crippen molar-refractivity contribution >= 4 is 11.8 Å². The SMILES string of the molecule is CCCc1ccc(OCC(=O)NC2CCN(C(=O)C3CCCO3)CC2)cc1. The second-order valence-electron chi connectivity index (χ2n) is 7.35. The molecule has 6 heteroatoms. The van der Waals surface area contributed by atoms with Gasteiger partial charge in [-0.3, -0.25) is 9.59 Å². The molecule has 2 amide bonds. The molecule has 0 aromatic heterocycles. The van der Waals surface area contributed by atoms with Crippen molar-refractivity contribution in [2.45, 2.75) is 57.6 Å². The number of rotatable bonds is 7. The number of nitrogens with zero attached hydrogens (tertiary/aromatic N) is 1. The van der Waals surface area contributed by atoms with Gasteiger partial charge in [0.05, 0.1) is 0 Å². The molecule has 148 valence electrons. The maximum Gasteiger partial charge on any atom is 0.258 e. The summed E-state index contributed by atoms with van der Waals surface area (Å²) in [5.41, 5.74) is 1.28. The van der Waals surface area contributed by atoms with Crippen molar-refractivity contribution in [3.63, 3.8) is 0 Å². The third kappa shape index (κ3) is 5.70. The first kappa shape index (κ1) is 19.7. The van der Waals surface area contributed by atoms with Gasteiger partial charge in [-0.2, -0.15) is 0 Å². The molecular formula is C21H30N2O4. The van der Waals surface area contributed by atoms with E-state index in [1.807, 2.05) is 29.2 Å². The van der Waals surface area contributed by atoms with Crippen LogP contribution in [0.1, 0.15) is 44.6 Å². The van der Waals surface area contributed by atoms with Gasteiger partial charge in [0.1, 0.15) is 11.9 Å². The summed E-state index contributed by atoms with van der Waals surface area (Å²) < 4.78 is 11.1. The molecule has 1 aromatic rings. The van der Waals surface area contributed by atoms with Crippen molar-refractivity contribution in [3.8, 4) is 5.75 Å². The maximum atomic E-state index is 12.3. The number of benzene rings is 1. The van der Waals surface area contributed by atoms with E-state index < -0.39 is 0 Å². The van der Waals surface area contributed by atoms with Crippen molar-refractivity contribution in [2.75, 3.05) is 26.3 Å². The summed E-state index contributed by atoms with van der Waals surface area (Å²) in [5.74, 6) is 0.700. The second kappa shape index (κ2) is 9.74. The van der Waals surface area contributed by atoms with Crippen LogP contribution in [0, 0.1) is 0 Å². The molecule has 2 saturated heterocycles. The van der Waals surface area contributed by atoms with Crippen LogP contribution in [0.25, 0.3) is 0 Å². The Morgan fingerprint density at radius 3 is 2.56 bits per heavy atom. The number of hydrogen-bond donors (Lipinski definition) is 1. The number of piperidine rings is 1. The fourth-order valence-corrected chi connectivity index (χ4v) is 3.68. The van der Waals surface area contributed by atoms with Crippen LogP contribution in [-0.2, 0) is 20.7 Å². The lowest BCUT2D eigenvalue weighted by molar-refractivity contribution is -0.142. The Labute approximate surface area is 161 Å². The van der Waals surface area contributed by atoms with Crippen molar-refractivity contribution in [2.24, 2.45) is 0 Å². The summed E-state index contributed by atoms with van der Waals surface area (Å²) in [4.78, 5) is 26.4. The number of aryl methyl sites for hydroxylation is 1. The predicted octanol–water partition coefficient (Wildman–Crippen LogP) is 2.30. The average molecular weight is 374 g/mol. The van der Waals surface area contributed by atoms with Gasteiger partial charge in [0.15, 0.2) is 6.61 Å². The van der Waals surface area contributed by atoms with Crippen molar-refractivity contribution in [1.82, 2.24) is 10.2 Å². The highest BCUT2D eigenvalue weighted by molar-refractivity contribution is 5.81. The van der Waals surface area contributed by atoms with E-state index in [-0.39, 0.29) is 30.6 Å². The van der Waals surface area contributed by atoms with Crippen LogP contribution in [0.3, 0.4) is 0 Å². The molecule has 2 aliphatic rings. The molecule has 1 atom stereocenters. The molecular weight excluding hydrogens is 344 g/mol. The summed E-state index contributed by atoms with van der Waals surface area (Å²) in [6.45, 7) is 4.19. The Morgan fingerprint density at radius 2 is 1.93 bits per heavy atom. The lowest BCUT2D eigenvalue weighted by atomic mass is 10.0. The van der Waals surface area contributed by atoms with Crippen molar-refractivity contribution < 1.29 is 19.1 Å². The quantitative estimate of drug-likeness (QED) is 0.795. The molecule has 0 spiro atoms. The zero-order valence-electron chi connectivity index (χ0n) is 16.1. The van der Waals surface area contributed by atoms with Crippen LogP contribution in [0.4, 0.5) is 0 Å². The van der Waals surface area contributed by atoms with Gasteiger partial charge in [-0.15, -0.1) is 0 Å². The summed E-state index contributed by atoms with van der Waals surface area (Å²) >= 11 is 0. The molecule has 6 nitrogen and oxygen atoms in total. The molecule has 0 bridgehead atoms. The summed E-state index contributed by atoms with van der Waals surface area (Å²) in [7, 11) is 0. The largest absolute Gasteiger partial charge is 0.484 e. The van der Waals surface area contributed by atoms with E-state index in [1.165, 1.54) is 5.56 Å². The fourth-order valence-electron chi connectivity index (χ4n) is 3.68. The maximum absolute atomic E-state index is 12.3. The molecule has 3 rings (SSSR count). The lowest BCUT2D eigenvalue weighted by Crippen LogP contribution is -2.49. The van der Waals surface area contributed by atoms with E-state index in [4.69, 9.17) is 9.47 Å². The van der Waals surface area contributed by atoms with Gasteiger partial charge in [0.25, 0.3) is 11.8 Å². The van der Waals surface area contributed by atoms with E-state index in [0.717, 1.165) is 38.5 Å². The highest BCUT2D eigenvalue weighted by Crippen LogP contribution is 2.18.